The summed E-state index contributed by atoms with van der Waals surface area (Å²) in [4.78, 5) is 0. The minimum absolute atomic E-state index is 0.798. The second-order valence-corrected chi connectivity index (χ2v) is 8.11. The molecule has 1 nitrogen and oxygen atoms in total. The summed E-state index contributed by atoms with van der Waals surface area (Å²) in [6.07, 6.45) is 3.79. The van der Waals surface area contributed by atoms with Crippen molar-refractivity contribution in [1.29, 1.82) is 0 Å². The van der Waals surface area contributed by atoms with Crippen LogP contribution in [0, 0.1) is 0 Å². The highest BCUT2D eigenvalue weighted by atomic mass is 35.5. The van der Waals surface area contributed by atoms with Gasteiger partial charge in [-0.05, 0) is 31.5 Å². The van der Waals surface area contributed by atoms with Crippen molar-refractivity contribution in [1.82, 2.24) is 0 Å². The fourth-order valence-electron chi connectivity index (χ4n) is 1.63. The predicted octanol–water partition coefficient (Wildman–Crippen LogP) is 3.00. The molecule has 0 N–H and O–H groups in total. The summed E-state index contributed by atoms with van der Waals surface area (Å²) in [6.45, 7) is 3.35. The Morgan fingerprint density at radius 3 is 2.82 bits per heavy atom. The van der Waals surface area contributed by atoms with Gasteiger partial charge in [-0.25, -0.2) is 0 Å². The molecule has 1 aliphatic heterocycles. The van der Waals surface area contributed by atoms with E-state index in [1.54, 1.807) is 0 Å². The zero-order valence-electron chi connectivity index (χ0n) is 7.24. The molecule has 3 heteroatoms. The number of hydrogen-bond acceptors (Lipinski definition) is 1. The van der Waals surface area contributed by atoms with Crippen LogP contribution in [0.2, 0.25) is 18.6 Å². The molecule has 0 bridgehead atoms. The van der Waals surface area contributed by atoms with Crippen molar-refractivity contribution < 1.29 is 4.43 Å². The zero-order chi connectivity index (χ0) is 8.16. The molecule has 1 heterocycles. The largest absolute Gasteiger partial charge is 0.417 e. The molecule has 0 aromatic carbocycles. The van der Waals surface area contributed by atoms with Crippen LogP contribution in [0.15, 0.2) is 0 Å². The Kier molecular flexibility index (Phi) is 3.89. The molecular weight excluding hydrogens is 176 g/mol. The molecule has 0 aromatic heterocycles. The molecule has 11 heavy (non-hydrogen) atoms. The van der Waals surface area contributed by atoms with Gasteiger partial charge >= 0.3 is 0 Å². The van der Waals surface area contributed by atoms with Gasteiger partial charge in [0.05, 0.1) is 0 Å². The monoisotopic (exact) mass is 192 g/mol. The van der Waals surface area contributed by atoms with Gasteiger partial charge in [-0.3, -0.25) is 0 Å². The lowest BCUT2D eigenvalue weighted by Gasteiger charge is -2.31. The molecule has 1 unspecified atom stereocenters. The van der Waals surface area contributed by atoms with Gasteiger partial charge in [0.25, 0.3) is 0 Å². The molecule has 0 aromatic rings. The van der Waals surface area contributed by atoms with Gasteiger partial charge < -0.3 is 4.43 Å². The molecular formula is C8H17ClOSi. The van der Waals surface area contributed by atoms with Crippen LogP contribution in [0.4, 0.5) is 0 Å². The molecule has 0 saturated carbocycles. The van der Waals surface area contributed by atoms with Crippen LogP contribution in [0.25, 0.3) is 0 Å². The number of halogens is 1. The first-order valence-corrected chi connectivity index (χ1v) is 7.82. The minimum Gasteiger partial charge on any atom is -0.417 e. The standard InChI is InChI=1S/C8H17ClOSi/c1-11(8-4-5-9)7-3-2-6-10-11/h2-8H2,1H3. The van der Waals surface area contributed by atoms with Crippen molar-refractivity contribution in [3.05, 3.63) is 0 Å². The highest BCUT2D eigenvalue weighted by molar-refractivity contribution is 6.72. The normalized spacial score (nSPS) is 32.2. The van der Waals surface area contributed by atoms with Gasteiger partial charge in [0.2, 0.25) is 0 Å². The number of alkyl halides is 1. The minimum atomic E-state index is -1.24. The first-order chi connectivity index (χ1) is 5.27. The Hall–Kier alpha value is 0.467. The smallest absolute Gasteiger partial charge is 0.189 e. The van der Waals surface area contributed by atoms with Crippen molar-refractivity contribution in [2.24, 2.45) is 0 Å². The van der Waals surface area contributed by atoms with Crippen LogP contribution in [-0.2, 0) is 4.43 Å². The van der Waals surface area contributed by atoms with Gasteiger partial charge in [-0.2, -0.15) is 0 Å². The molecule has 0 aliphatic carbocycles. The van der Waals surface area contributed by atoms with Crippen LogP contribution < -0.4 is 0 Å². The Morgan fingerprint density at radius 2 is 2.27 bits per heavy atom. The maximum absolute atomic E-state index is 5.85. The fourth-order valence-corrected chi connectivity index (χ4v) is 5.09. The molecule has 1 atom stereocenters. The van der Waals surface area contributed by atoms with E-state index in [0.717, 1.165) is 18.9 Å². The van der Waals surface area contributed by atoms with Gasteiger partial charge in [-0.1, -0.05) is 6.42 Å². The van der Waals surface area contributed by atoms with Crippen molar-refractivity contribution in [2.45, 2.75) is 37.9 Å². The van der Waals surface area contributed by atoms with Gasteiger partial charge in [0.15, 0.2) is 8.32 Å². The molecule has 0 spiro atoms. The first-order valence-electron chi connectivity index (χ1n) is 4.47. The summed E-state index contributed by atoms with van der Waals surface area (Å²) in [5.74, 6) is 0.798. The topological polar surface area (TPSA) is 9.23 Å². The summed E-state index contributed by atoms with van der Waals surface area (Å²) < 4.78 is 5.85. The SMILES string of the molecule is C[Si]1(CCCCl)CCCCO1. The van der Waals surface area contributed by atoms with Crippen molar-refractivity contribution in [3.8, 4) is 0 Å². The van der Waals surface area contributed by atoms with Crippen LogP contribution in [-0.4, -0.2) is 20.8 Å². The quantitative estimate of drug-likeness (QED) is 0.494. The van der Waals surface area contributed by atoms with Crippen molar-refractivity contribution in [3.63, 3.8) is 0 Å². The highest BCUT2D eigenvalue weighted by Crippen LogP contribution is 2.26. The third kappa shape index (κ3) is 3.14. The van der Waals surface area contributed by atoms with Crippen LogP contribution >= 0.6 is 11.6 Å². The van der Waals surface area contributed by atoms with E-state index < -0.39 is 8.32 Å². The van der Waals surface area contributed by atoms with Crippen LogP contribution in [0.5, 0.6) is 0 Å². The number of rotatable bonds is 3. The molecule has 66 valence electrons. The lowest BCUT2D eigenvalue weighted by molar-refractivity contribution is 0.270. The summed E-state index contributed by atoms with van der Waals surface area (Å²) >= 11 is 5.65. The second-order valence-electron chi connectivity index (χ2n) is 3.55. The van der Waals surface area contributed by atoms with Crippen LogP contribution in [0.3, 0.4) is 0 Å². The summed E-state index contributed by atoms with van der Waals surface area (Å²) in [5.41, 5.74) is 0. The van der Waals surface area contributed by atoms with E-state index in [1.807, 2.05) is 0 Å². The van der Waals surface area contributed by atoms with E-state index in [1.165, 1.54) is 24.9 Å². The van der Waals surface area contributed by atoms with E-state index in [2.05, 4.69) is 6.55 Å². The van der Waals surface area contributed by atoms with E-state index in [4.69, 9.17) is 16.0 Å². The van der Waals surface area contributed by atoms with Crippen molar-refractivity contribution >= 4 is 19.9 Å². The fraction of sp³-hybridized carbons (Fsp3) is 1.00. The van der Waals surface area contributed by atoms with E-state index in [-0.39, 0.29) is 0 Å². The Balaban J connectivity index is 2.25. The third-order valence-corrected chi connectivity index (χ3v) is 6.38. The zero-order valence-corrected chi connectivity index (χ0v) is 8.99. The van der Waals surface area contributed by atoms with Gasteiger partial charge in [0, 0.05) is 12.5 Å². The summed E-state index contributed by atoms with van der Waals surface area (Å²) in [5, 5.41) is 0. The molecule has 1 fully saturated rings. The Labute approximate surface area is 75.2 Å². The lowest BCUT2D eigenvalue weighted by Crippen LogP contribution is -2.37. The van der Waals surface area contributed by atoms with E-state index in [9.17, 15) is 0 Å². The maximum atomic E-state index is 5.85. The van der Waals surface area contributed by atoms with E-state index in [0.29, 0.717) is 0 Å². The number of hydrogen-bond donors (Lipinski definition) is 0. The first kappa shape index (κ1) is 9.55. The summed E-state index contributed by atoms with van der Waals surface area (Å²) in [7, 11) is -1.24. The average molecular weight is 193 g/mol. The maximum Gasteiger partial charge on any atom is 0.189 e. The predicted molar refractivity (Wildman–Crippen MR) is 51.8 cm³/mol. The van der Waals surface area contributed by atoms with E-state index >= 15 is 0 Å². The molecule has 1 rings (SSSR count). The third-order valence-electron chi connectivity index (χ3n) is 2.39. The Bertz CT molecular complexity index is 113. The van der Waals surface area contributed by atoms with Gasteiger partial charge in [-0.15, -0.1) is 11.6 Å². The average Bonchev–Trinajstić information content (AvgIpc) is 2.03. The van der Waals surface area contributed by atoms with Crippen molar-refractivity contribution in [2.75, 3.05) is 12.5 Å². The van der Waals surface area contributed by atoms with Gasteiger partial charge in [0.1, 0.15) is 0 Å². The Morgan fingerprint density at radius 1 is 1.45 bits per heavy atom. The molecule has 0 radical (unpaired) electrons. The molecule has 0 amide bonds. The molecule has 1 aliphatic rings. The second kappa shape index (κ2) is 4.48. The summed E-state index contributed by atoms with van der Waals surface area (Å²) in [6, 6.07) is 2.61. The lowest BCUT2D eigenvalue weighted by atomic mass is 10.4. The highest BCUT2D eigenvalue weighted by Gasteiger charge is 2.30. The van der Waals surface area contributed by atoms with Crippen LogP contribution in [0.1, 0.15) is 19.3 Å². The molecule has 1 saturated heterocycles.